The van der Waals surface area contributed by atoms with Crippen LogP contribution in [-0.4, -0.2) is 30.5 Å². The van der Waals surface area contributed by atoms with Gasteiger partial charge >= 0.3 is 0 Å². The minimum Gasteiger partial charge on any atom is -0.310 e. The molecule has 0 aliphatic heterocycles. The zero-order valence-electron chi connectivity index (χ0n) is 12.6. The molecule has 0 radical (unpaired) electrons. The molecule has 0 bridgehead atoms. The van der Waals surface area contributed by atoms with E-state index in [9.17, 15) is 18.0 Å². The maximum absolute atomic E-state index is 12.3. The Balaban J connectivity index is 1.83. The van der Waals surface area contributed by atoms with Crippen molar-refractivity contribution in [2.45, 2.75) is 38.5 Å². The molecular formula is C14H17N3O4S2. The average molecular weight is 355 g/mol. The number of sulfonamides is 1. The van der Waals surface area contributed by atoms with Crippen molar-refractivity contribution in [2.24, 2.45) is 0 Å². The highest BCUT2D eigenvalue weighted by molar-refractivity contribution is 7.89. The fourth-order valence-corrected chi connectivity index (χ4v) is 4.61. The largest absolute Gasteiger partial charge is 0.310 e. The Hall–Kier alpha value is -1.74. The third-order valence-electron chi connectivity index (χ3n) is 3.76. The quantitative estimate of drug-likeness (QED) is 0.846. The van der Waals surface area contributed by atoms with Crippen molar-refractivity contribution in [3.63, 3.8) is 0 Å². The van der Waals surface area contributed by atoms with Gasteiger partial charge in [0, 0.05) is 17.7 Å². The van der Waals surface area contributed by atoms with Crippen LogP contribution < -0.4 is 10.3 Å². The van der Waals surface area contributed by atoms with Crippen molar-refractivity contribution in [1.29, 1.82) is 0 Å². The van der Waals surface area contributed by atoms with E-state index in [1.165, 1.54) is 4.88 Å². The highest BCUT2D eigenvalue weighted by Crippen LogP contribution is 2.33. The van der Waals surface area contributed by atoms with E-state index < -0.39 is 15.9 Å². The van der Waals surface area contributed by atoms with Crippen molar-refractivity contribution in [3.8, 4) is 0 Å². The number of nitrogens with one attached hydrogen (secondary N) is 2. The van der Waals surface area contributed by atoms with E-state index in [1.54, 1.807) is 11.3 Å². The van der Waals surface area contributed by atoms with Crippen molar-refractivity contribution in [3.05, 3.63) is 26.6 Å². The second-order valence-electron chi connectivity index (χ2n) is 5.70. The van der Waals surface area contributed by atoms with Gasteiger partial charge in [-0.1, -0.05) is 0 Å². The third kappa shape index (κ3) is 3.61. The molecule has 7 nitrogen and oxygen atoms in total. The highest BCUT2D eigenvalue weighted by atomic mass is 32.2. The van der Waals surface area contributed by atoms with Crippen LogP contribution in [0.2, 0.25) is 0 Å². The Bertz CT molecular complexity index is 927. The molecule has 2 aromatic heterocycles. The number of nitrogens with zero attached hydrogens (tertiary/aromatic N) is 1. The molecule has 2 heterocycles. The van der Waals surface area contributed by atoms with Crippen LogP contribution >= 0.6 is 11.3 Å². The standard InChI is InChI=1S/C14H17N3O4S2/c1-23(20,21)17-11(18)7-6-10-15-13(19)12-8-4-2-3-5-9(8)22-14(12)16-10/h2-7H2,1H3,(H,17,18)(H,15,16,19). The summed E-state index contributed by atoms with van der Waals surface area (Å²) in [5.74, 6) is -0.203. The molecule has 0 spiro atoms. The summed E-state index contributed by atoms with van der Waals surface area (Å²) in [7, 11) is -3.56. The zero-order chi connectivity index (χ0) is 16.6. The van der Waals surface area contributed by atoms with Crippen LogP contribution in [0.15, 0.2) is 4.79 Å². The summed E-state index contributed by atoms with van der Waals surface area (Å²) in [5, 5.41) is 0.675. The lowest BCUT2D eigenvalue weighted by atomic mass is 9.97. The zero-order valence-corrected chi connectivity index (χ0v) is 14.3. The van der Waals surface area contributed by atoms with Crippen molar-refractivity contribution in [2.75, 3.05) is 6.26 Å². The fraction of sp³-hybridized carbons (Fsp3) is 0.500. The lowest BCUT2D eigenvalue weighted by molar-refractivity contribution is -0.119. The normalized spacial score (nSPS) is 14.7. The minimum atomic E-state index is -3.56. The number of amides is 1. The van der Waals surface area contributed by atoms with E-state index in [-0.39, 0.29) is 18.4 Å². The maximum Gasteiger partial charge on any atom is 0.259 e. The van der Waals surface area contributed by atoms with Gasteiger partial charge < -0.3 is 4.98 Å². The van der Waals surface area contributed by atoms with E-state index in [0.717, 1.165) is 37.5 Å². The Kier molecular flexibility index (Phi) is 4.24. The van der Waals surface area contributed by atoms with Gasteiger partial charge in [-0.2, -0.15) is 0 Å². The van der Waals surface area contributed by atoms with Gasteiger partial charge in [0.15, 0.2) is 0 Å². The second kappa shape index (κ2) is 6.04. The lowest BCUT2D eigenvalue weighted by Crippen LogP contribution is -2.29. The predicted molar refractivity (Wildman–Crippen MR) is 88.2 cm³/mol. The molecule has 0 fully saturated rings. The molecule has 0 saturated heterocycles. The monoisotopic (exact) mass is 355 g/mol. The molecule has 0 unspecified atom stereocenters. The van der Waals surface area contributed by atoms with Gasteiger partial charge in [-0.3, -0.25) is 14.3 Å². The van der Waals surface area contributed by atoms with Gasteiger partial charge in [0.1, 0.15) is 10.7 Å². The second-order valence-corrected chi connectivity index (χ2v) is 8.53. The molecule has 3 rings (SSSR count). The van der Waals surface area contributed by atoms with Gasteiger partial charge in [0.25, 0.3) is 5.56 Å². The predicted octanol–water partition coefficient (Wildman–Crippen LogP) is 0.872. The Labute approximate surface area is 137 Å². The molecule has 2 aromatic rings. The first-order valence-corrected chi connectivity index (χ1v) is 10.1. The summed E-state index contributed by atoms with van der Waals surface area (Å²) in [5.41, 5.74) is 0.944. The van der Waals surface area contributed by atoms with Gasteiger partial charge in [0.2, 0.25) is 15.9 Å². The Morgan fingerprint density at radius 3 is 2.83 bits per heavy atom. The van der Waals surface area contributed by atoms with Gasteiger partial charge in [-0.25, -0.2) is 13.4 Å². The topological polar surface area (TPSA) is 109 Å². The maximum atomic E-state index is 12.3. The van der Waals surface area contributed by atoms with E-state index in [2.05, 4.69) is 9.97 Å². The third-order valence-corrected chi connectivity index (χ3v) is 5.55. The van der Waals surface area contributed by atoms with Crippen molar-refractivity contribution >= 4 is 37.5 Å². The first-order chi connectivity index (χ1) is 10.8. The van der Waals surface area contributed by atoms with Crippen molar-refractivity contribution in [1.82, 2.24) is 14.7 Å². The molecule has 23 heavy (non-hydrogen) atoms. The molecule has 9 heteroatoms. The number of aromatic nitrogens is 2. The molecule has 2 N–H and O–H groups in total. The number of aryl methyl sites for hydroxylation is 3. The first kappa shape index (κ1) is 16.1. The summed E-state index contributed by atoms with van der Waals surface area (Å²) < 4.78 is 23.9. The summed E-state index contributed by atoms with van der Waals surface area (Å²) in [6, 6.07) is 0. The van der Waals surface area contributed by atoms with Crippen LogP contribution in [0.4, 0.5) is 0 Å². The average Bonchev–Trinajstić information content (AvgIpc) is 2.82. The van der Waals surface area contributed by atoms with Crippen molar-refractivity contribution < 1.29 is 13.2 Å². The minimum absolute atomic E-state index is 0.0490. The number of carbonyl (C=O) groups excluding carboxylic acids is 1. The van der Waals surface area contributed by atoms with Gasteiger partial charge in [-0.15, -0.1) is 11.3 Å². The number of aromatic amines is 1. The smallest absolute Gasteiger partial charge is 0.259 e. The lowest BCUT2D eigenvalue weighted by Gasteiger charge is -2.09. The molecule has 0 saturated carbocycles. The van der Waals surface area contributed by atoms with E-state index in [1.807, 2.05) is 4.72 Å². The molecule has 1 aliphatic rings. The molecule has 124 valence electrons. The van der Waals surface area contributed by atoms with Crippen LogP contribution in [0.1, 0.15) is 35.5 Å². The summed E-state index contributed by atoms with van der Waals surface area (Å²) in [4.78, 5) is 33.0. The Morgan fingerprint density at radius 1 is 1.35 bits per heavy atom. The molecule has 0 aromatic carbocycles. The number of H-pyrrole nitrogens is 1. The van der Waals surface area contributed by atoms with Crippen LogP contribution in [0.25, 0.3) is 10.2 Å². The summed E-state index contributed by atoms with van der Waals surface area (Å²) in [6.45, 7) is 0. The number of hydrogen-bond acceptors (Lipinski definition) is 6. The summed E-state index contributed by atoms with van der Waals surface area (Å²) in [6.07, 6.45) is 5.19. The van der Waals surface area contributed by atoms with E-state index in [4.69, 9.17) is 0 Å². The number of rotatable bonds is 4. The molecular weight excluding hydrogens is 338 g/mol. The fourth-order valence-electron chi connectivity index (χ4n) is 2.82. The molecule has 0 atom stereocenters. The first-order valence-electron chi connectivity index (χ1n) is 7.37. The molecule has 1 aliphatic carbocycles. The van der Waals surface area contributed by atoms with Crippen LogP contribution in [0.5, 0.6) is 0 Å². The highest BCUT2D eigenvalue weighted by Gasteiger charge is 2.20. The number of carbonyl (C=O) groups is 1. The van der Waals surface area contributed by atoms with Crippen LogP contribution in [-0.2, 0) is 34.1 Å². The Morgan fingerprint density at radius 2 is 2.09 bits per heavy atom. The van der Waals surface area contributed by atoms with Gasteiger partial charge in [-0.05, 0) is 31.2 Å². The van der Waals surface area contributed by atoms with Crippen LogP contribution in [0.3, 0.4) is 0 Å². The summed E-state index contributed by atoms with van der Waals surface area (Å²) >= 11 is 1.54. The van der Waals surface area contributed by atoms with E-state index >= 15 is 0 Å². The van der Waals surface area contributed by atoms with Crippen LogP contribution in [0, 0.1) is 0 Å². The number of fused-ring (bicyclic) bond motifs is 3. The number of thiophene rings is 1. The van der Waals surface area contributed by atoms with E-state index in [0.29, 0.717) is 16.0 Å². The van der Waals surface area contributed by atoms with Gasteiger partial charge in [0.05, 0.1) is 11.6 Å². The number of hydrogen-bond donors (Lipinski definition) is 2. The molecule has 1 amide bonds. The SMILES string of the molecule is CS(=O)(=O)NC(=O)CCc1nc2sc3c(c2c(=O)[nH]1)CCCC3.